The number of esters is 1. The molecule has 2 amide bonds. The number of benzene rings is 2. The number of methoxy groups -OCH3 is 1. The number of carbonyl (C=O) groups is 2. The van der Waals surface area contributed by atoms with E-state index >= 15 is 0 Å². The highest BCUT2D eigenvalue weighted by atomic mass is 35.5. The van der Waals surface area contributed by atoms with Crippen molar-refractivity contribution in [1.29, 1.82) is 0 Å². The fourth-order valence-electron chi connectivity index (χ4n) is 2.02. The van der Waals surface area contributed by atoms with Crippen LogP contribution in [0.3, 0.4) is 0 Å². The maximum atomic E-state index is 12.2. The molecule has 6 nitrogen and oxygen atoms in total. The molecule has 0 aliphatic heterocycles. The fourth-order valence-corrected chi connectivity index (χ4v) is 2.17. The van der Waals surface area contributed by atoms with Gasteiger partial charge in [-0.1, -0.05) is 17.7 Å². The number of anilines is 2. The van der Waals surface area contributed by atoms with E-state index in [-0.39, 0.29) is 0 Å². The van der Waals surface area contributed by atoms with E-state index in [2.05, 4.69) is 10.6 Å². The molecule has 0 atom stereocenters. The molecule has 0 radical (unpaired) electrons. The Morgan fingerprint density at radius 3 is 2.54 bits per heavy atom. The first-order chi connectivity index (χ1) is 11.4. The molecule has 0 aliphatic carbocycles. The first-order valence-corrected chi connectivity index (χ1v) is 7.47. The minimum Gasteiger partial charge on any atom is -0.495 e. The lowest BCUT2D eigenvalue weighted by Crippen LogP contribution is -2.20. The average Bonchev–Trinajstić information content (AvgIpc) is 2.50. The zero-order valence-corrected chi connectivity index (χ0v) is 14.2. The zero-order valence-electron chi connectivity index (χ0n) is 13.5. The summed E-state index contributed by atoms with van der Waals surface area (Å²) in [7, 11) is 1.49. The zero-order chi connectivity index (χ0) is 17.7. The van der Waals surface area contributed by atoms with Crippen molar-refractivity contribution in [3.05, 3.63) is 47.0 Å². The van der Waals surface area contributed by atoms with E-state index in [0.29, 0.717) is 27.9 Å². The van der Waals surface area contributed by atoms with Crippen molar-refractivity contribution in [1.82, 2.24) is 0 Å². The fraction of sp³-hybridized carbons (Fsp3) is 0.176. The van der Waals surface area contributed by atoms with Gasteiger partial charge in [-0.2, -0.15) is 0 Å². The van der Waals surface area contributed by atoms with Crippen LogP contribution in [0.2, 0.25) is 5.02 Å². The van der Waals surface area contributed by atoms with Crippen molar-refractivity contribution in [2.75, 3.05) is 17.7 Å². The summed E-state index contributed by atoms with van der Waals surface area (Å²) in [4.78, 5) is 23.1. The number of nitrogens with one attached hydrogen (secondary N) is 2. The summed E-state index contributed by atoms with van der Waals surface area (Å²) in [5, 5.41) is 5.90. The molecule has 0 saturated carbocycles. The third kappa shape index (κ3) is 4.63. The first kappa shape index (κ1) is 17.6. The minimum atomic E-state index is -0.463. The molecule has 0 heterocycles. The van der Waals surface area contributed by atoms with E-state index in [1.807, 2.05) is 6.92 Å². The number of ether oxygens (including phenoxy) is 2. The predicted octanol–water partition coefficient (Wildman–Crippen LogP) is 4.23. The van der Waals surface area contributed by atoms with Crippen LogP contribution in [0.4, 0.5) is 16.2 Å². The second-order valence-corrected chi connectivity index (χ2v) is 5.41. The quantitative estimate of drug-likeness (QED) is 0.640. The minimum absolute atomic E-state index is 0.347. The van der Waals surface area contributed by atoms with Gasteiger partial charge in [0.05, 0.1) is 12.8 Å². The Kier molecular flexibility index (Phi) is 5.65. The normalized spacial score (nSPS) is 10.0. The van der Waals surface area contributed by atoms with Crippen molar-refractivity contribution >= 4 is 35.0 Å². The molecule has 24 heavy (non-hydrogen) atoms. The van der Waals surface area contributed by atoms with Crippen molar-refractivity contribution in [2.24, 2.45) is 0 Å². The summed E-state index contributed by atoms with van der Waals surface area (Å²) in [5.74, 6) is 0.368. The summed E-state index contributed by atoms with van der Waals surface area (Å²) < 4.78 is 10.2. The van der Waals surface area contributed by atoms with Crippen molar-refractivity contribution in [2.45, 2.75) is 13.8 Å². The van der Waals surface area contributed by atoms with Crippen LogP contribution in [0.15, 0.2) is 36.4 Å². The Labute approximate surface area is 144 Å². The van der Waals surface area contributed by atoms with Crippen LogP contribution in [0.5, 0.6) is 11.5 Å². The highest BCUT2D eigenvalue weighted by Gasteiger charge is 2.11. The molecule has 0 aliphatic rings. The standard InChI is InChI=1S/C17H17ClN2O4/c1-10-7-15(16(23-3)9-14(10)18)20-17(22)19-12-5-4-6-13(8-12)24-11(2)21/h4-9H,1-3H3,(H2,19,20,22). The van der Waals surface area contributed by atoms with Crippen LogP contribution in [-0.2, 0) is 4.79 Å². The molecule has 0 unspecified atom stereocenters. The molecule has 0 spiro atoms. The third-order valence-electron chi connectivity index (χ3n) is 3.08. The van der Waals surface area contributed by atoms with E-state index in [1.54, 1.807) is 36.4 Å². The lowest BCUT2D eigenvalue weighted by atomic mass is 10.2. The lowest BCUT2D eigenvalue weighted by molar-refractivity contribution is -0.131. The summed E-state index contributed by atoms with van der Waals surface area (Å²) in [6, 6.07) is 9.40. The van der Waals surface area contributed by atoms with Crippen LogP contribution in [0, 0.1) is 6.92 Å². The van der Waals surface area contributed by atoms with Crippen LogP contribution in [0.1, 0.15) is 12.5 Å². The summed E-state index contributed by atoms with van der Waals surface area (Å²) in [5.41, 5.74) is 1.79. The Balaban J connectivity index is 2.11. The van der Waals surface area contributed by atoms with Gasteiger partial charge in [-0.25, -0.2) is 4.79 Å². The molecule has 2 aromatic carbocycles. The summed E-state index contributed by atoms with van der Waals surface area (Å²) in [6.07, 6.45) is 0. The van der Waals surface area contributed by atoms with Gasteiger partial charge in [0.2, 0.25) is 0 Å². The van der Waals surface area contributed by atoms with Crippen molar-refractivity contribution < 1.29 is 19.1 Å². The van der Waals surface area contributed by atoms with Gasteiger partial charge in [0, 0.05) is 29.8 Å². The topological polar surface area (TPSA) is 76.7 Å². The molecule has 2 rings (SSSR count). The molecular formula is C17H17ClN2O4. The van der Waals surface area contributed by atoms with Crippen molar-refractivity contribution in [3.63, 3.8) is 0 Å². The highest BCUT2D eigenvalue weighted by molar-refractivity contribution is 6.31. The van der Waals surface area contributed by atoms with Gasteiger partial charge in [-0.05, 0) is 30.7 Å². The number of hydrogen-bond donors (Lipinski definition) is 2. The smallest absolute Gasteiger partial charge is 0.323 e. The summed E-state index contributed by atoms with van der Waals surface area (Å²) in [6.45, 7) is 3.13. The van der Waals surface area contributed by atoms with E-state index in [1.165, 1.54) is 14.0 Å². The molecule has 2 N–H and O–H groups in total. The number of rotatable bonds is 4. The maximum absolute atomic E-state index is 12.2. The van der Waals surface area contributed by atoms with E-state index in [9.17, 15) is 9.59 Å². The maximum Gasteiger partial charge on any atom is 0.323 e. The molecule has 0 fully saturated rings. The number of urea groups is 1. The van der Waals surface area contributed by atoms with Gasteiger partial charge in [0.15, 0.2) is 0 Å². The van der Waals surface area contributed by atoms with Gasteiger partial charge < -0.3 is 20.1 Å². The second-order valence-electron chi connectivity index (χ2n) is 5.00. The van der Waals surface area contributed by atoms with E-state index in [4.69, 9.17) is 21.1 Å². The Morgan fingerprint density at radius 2 is 1.88 bits per heavy atom. The molecular weight excluding hydrogens is 332 g/mol. The van der Waals surface area contributed by atoms with Gasteiger partial charge in [-0.15, -0.1) is 0 Å². The van der Waals surface area contributed by atoms with Crippen molar-refractivity contribution in [3.8, 4) is 11.5 Å². The number of hydrogen-bond acceptors (Lipinski definition) is 4. The van der Waals surface area contributed by atoms with Gasteiger partial charge in [0.25, 0.3) is 0 Å². The molecule has 0 bridgehead atoms. The van der Waals surface area contributed by atoms with Gasteiger partial charge >= 0.3 is 12.0 Å². The van der Waals surface area contributed by atoms with Gasteiger partial charge in [-0.3, -0.25) is 4.79 Å². The highest BCUT2D eigenvalue weighted by Crippen LogP contribution is 2.31. The first-order valence-electron chi connectivity index (χ1n) is 7.09. The Morgan fingerprint density at radius 1 is 1.12 bits per heavy atom. The molecule has 7 heteroatoms. The number of aryl methyl sites for hydroxylation is 1. The molecule has 0 aromatic heterocycles. The van der Waals surface area contributed by atoms with Crippen LogP contribution >= 0.6 is 11.6 Å². The summed E-state index contributed by atoms with van der Waals surface area (Å²) >= 11 is 6.04. The van der Waals surface area contributed by atoms with Gasteiger partial charge in [0.1, 0.15) is 11.5 Å². The molecule has 0 saturated heterocycles. The van der Waals surface area contributed by atoms with E-state index < -0.39 is 12.0 Å². The molecule has 2 aromatic rings. The van der Waals surface area contributed by atoms with Crippen LogP contribution < -0.4 is 20.1 Å². The third-order valence-corrected chi connectivity index (χ3v) is 3.49. The predicted molar refractivity (Wildman–Crippen MR) is 93.1 cm³/mol. The van der Waals surface area contributed by atoms with Crippen LogP contribution in [0.25, 0.3) is 0 Å². The van der Waals surface area contributed by atoms with E-state index in [0.717, 1.165) is 5.56 Å². The SMILES string of the molecule is COc1cc(Cl)c(C)cc1NC(=O)Nc1cccc(OC(C)=O)c1. The Hall–Kier alpha value is -2.73. The monoisotopic (exact) mass is 348 g/mol. The second kappa shape index (κ2) is 7.70. The Bertz CT molecular complexity index is 777. The number of carbonyl (C=O) groups excluding carboxylic acids is 2. The lowest BCUT2D eigenvalue weighted by Gasteiger charge is -2.13. The number of halogens is 1. The average molecular weight is 349 g/mol. The van der Waals surface area contributed by atoms with Crippen LogP contribution in [-0.4, -0.2) is 19.1 Å². The molecule has 126 valence electrons. The number of amides is 2. The largest absolute Gasteiger partial charge is 0.495 e.